The Morgan fingerprint density at radius 1 is 1.26 bits per heavy atom. The van der Waals surface area contributed by atoms with Crippen LogP contribution in [0.25, 0.3) is 0 Å². The first-order valence-electron chi connectivity index (χ1n) is 7.93. The number of hydrogen-bond donors (Lipinski definition) is 1. The van der Waals surface area contributed by atoms with Gasteiger partial charge in [0.15, 0.2) is 0 Å². The van der Waals surface area contributed by atoms with E-state index in [-0.39, 0.29) is 17.6 Å². The number of nitrogens with zero attached hydrogens (tertiary/aromatic N) is 4. The van der Waals surface area contributed by atoms with Crippen LogP contribution in [0.2, 0.25) is 0 Å². The number of aromatic nitrogens is 4. The first kappa shape index (κ1) is 14.3. The molecule has 0 radical (unpaired) electrons. The maximum absolute atomic E-state index is 12.1. The smallest absolute Gasteiger partial charge is 0.267 e. The van der Waals surface area contributed by atoms with Gasteiger partial charge in [-0.1, -0.05) is 0 Å². The molecular weight excluding hydrogens is 294 g/mol. The van der Waals surface area contributed by atoms with Crippen LogP contribution in [-0.2, 0) is 4.74 Å². The molecule has 2 aromatic rings. The van der Waals surface area contributed by atoms with Crippen molar-refractivity contribution in [3.8, 4) is 0 Å². The second kappa shape index (κ2) is 5.73. The fourth-order valence-electron chi connectivity index (χ4n) is 2.92. The topological polar surface area (TPSA) is 81.9 Å². The lowest BCUT2D eigenvalue weighted by Crippen LogP contribution is -2.37. The highest BCUT2D eigenvalue weighted by atomic mass is 16.5. The van der Waals surface area contributed by atoms with Gasteiger partial charge in [-0.2, -0.15) is 5.10 Å². The first-order chi connectivity index (χ1) is 11.2. The Kier molecular flexibility index (Phi) is 3.57. The number of anilines is 1. The minimum Gasteiger partial charge on any atom is -0.377 e. The predicted octanol–water partition coefficient (Wildman–Crippen LogP) is 1.27. The van der Waals surface area contributed by atoms with Crippen LogP contribution < -0.4 is 10.9 Å². The van der Waals surface area contributed by atoms with Gasteiger partial charge in [0, 0.05) is 23.7 Å². The van der Waals surface area contributed by atoms with Gasteiger partial charge in [0.05, 0.1) is 24.9 Å². The summed E-state index contributed by atoms with van der Waals surface area (Å²) in [6.07, 6.45) is 4.00. The molecule has 23 heavy (non-hydrogen) atoms. The molecule has 7 nitrogen and oxygen atoms in total. The van der Waals surface area contributed by atoms with E-state index >= 15 is 0 Å². The molecule has 1 aliphatic carbocycles. The second-order valence-corrected chi connectivity index (χ2v) is 6.22. The van der Waals surface area contributed by atoms with Crippen molar-refractivity contribution in [1.82, 2.24) is 19.7 Å². The Bertz CT molecular complexity index is 771. The fraction of sp³-hybridized carbons (Fsp3) is 0.500. The molecule has 0 aromatic carbocycles. The van der Waals surface area contributed by atoms with E-state index in [0.717, 1.165) is 17.2 Å². The van der Waals surface area contributed by atoms with Crippen molar-refractivity contribution in [3.05, 3.63) is 46.3 Å². The van der Waals surface area contributed by atoms with Gasteiger partial charge in [0.1, 0.15) is 18.2 Å². The maximum Gasteiger partial charge on any atom is 0.267 e. The Morgan fingerprint density at radius 3 is 2.96 bits per heavy atom. The number of rotatable bonds is 4. The van der Waals surface area contributed by atoms with Gasteiger partial charge < -0.3 is 10.1 Å². The Labute approximate surface area is 133 Å². The number of ether oxygens (including phenoxy) is 1. The number of hydrogen-bond acceptors (Lipinski definition) is 6. The summed E-state index contributed by atoms with van der Waals surface area (Å²) in [5.74, 6) is 1.36. The molecule has 0 bridgehead atoms. The van der Waals surface area contributed by atoms with Crippen LogP contribution in [0, 0.1) is 6.92 Å². The highest BCUT2D eigenvalue weighted by Crippen LogP contribution is 2.39. The molecule has 1 saturated heterocycles. The molecule has 2 aromatic heterocycles. The van der Waals surface area contributed by atoms with Crippen LogP contribution in [0.15, 0.2) is 29.3 Å². The largest absolute Gasteiger partial charge is 0.377 e. The molecule has 2 unspecified atom stereocenters. The number of aryl methyl sites for hydroxylation is 1. The number of nitrogens with one attached hydrogen (secondary N) is 1. The highest BCUT2D eigenvalue weighted by molar-refractivity contribution is 5.38. The van der Waals surface area contributed by atoms with Crippen molar-refractivity contribution in [3.63, 3.8) is 0 Å². The summed E-state index contributed by atoms with van der Waals surface area (Å²) in [5, 5.41) is 7.74. The standard InChI is InChI=1S/C16H19N5O2/c1-10-2-5-16(22)21(20-10)14-8-23-7-13(14)19-15-6-12(11-3-4-11)17-9-18-15/h2,5-6,9,11,13-14H,3-4,7-8H2,1H3,(H,17,18,19). The van der Waals surface area contributed by atoms with Gasteiger partial charge in [0.2, 0.25) is 0 Å². The highest BCUT2D eigenvalue weighted by Gasteiger charge is 2.32. The summed E-state index contributed by atoms with van der Waals surface area (Å²) >= 11 is 0. The van der Waals surface area contributed by atoms with Crippen LogP contribution in [0.5, 0.6) is 0 Å². The lowest BCUT2D eigenvalue weighted by Gasteiger charge is -2.21. The lowest BCUT2D eigenvalue weighted by molar-refractivity contribution is 0.182. The predicted molar refractivity (Wildman–Crippen MR) is 84.5 cm³/mol. The third-order valence-electron chi connectivity index (χ3n) is 4.34. The van der Waals surface area contributed by atoms with E-state index in [1.807, 2.05) is 13.0 Å². The van der Waals surface area contributed by atoms with E-state index in [2.05, 4.69) is 20.4 Å². The molecule has 3 heterocycles. The van der Waals surface area contributed by atoms with Crippen LogP contribution >= 0.6 is 0 Å². The zero-order valence-corrected chi connectivity index (χ0v) is 13.0. The van der Waals surface area contributed by atoms with Crippen LogP contribution in [-0.4, -0.2) is 39.0 Å². The van der Waals surface area contributed by atoms with Crippen molar-refractivity contribution < 1.29 is 4.74 Å². The zero-order valence-electron chi connectivity index (χ0n) is 13.0. The van der Waals surface area contributed by atoms with Crippen LogP contribution in [0.1, 0.15) is 36.2 Å². The maximum atomic E-state index is 12.1. The van der Waals surface area contributed by atoms with Gasteiger partial charge in [-0.25, -0.2) is 14.6 Å². The van der Waals surface area contributed by atoms with Crippen molar-refractivity contribution in [2.45, 2.75) is 37.8 Å². The molecule has 4 rings (SSSR count). The summed E-state index contributed by atoms with van der Waals surface area (Å²) in [6.45, 7) is 2.87. The van der Waals surface area contributed by atoms with E-state index in [9.17, 15) is 4.79 Å². The summed E-state index contributed by atoms with van der Waals surface area (Å²) in [5.41, 5.74) is 1.79. The fourth-order valence-corrected chi connectivity index (χ4v) is 2.92. The van der Waals surface area contributed by atoms with Crippen molar-refractivity contribution in [2.75, 3.05) is 18.5 Å². The Hall–Kier alpha value is -2.28. The molecule has 0 amide bonds. The van der Waals surface area contributed by atoms with E-state index in [4.69, 9.17) is 4.74 Å². The van der Waals surface area contributed by atoms with E-state index in [1.54, 1.807) is 18.5 Å². The van der Waals surface area contributed by atoms with Crippen molar-refractivity contribution in [2.24, 2.45) is 0 Å². The van der Waals surface area contributed by atoms with Gasteiger partial charge in [0.25, 0.3) is 5.56 Å². The van der Waals surface area contributed by atoms with E-state index in [1.165, 1.54) is 17.5 Å². The average molecular weight is 313 g/mol. The molecule has 2 atom stereocenters. The van der Waals surface area contributed by atoms with Crippen LogP contribution in [0.4, 0.5) is 5.82 Å². The molecule has 2 aliphatic rings. The quantitative estimate of drug-likeness (QED) is 0.915. The molecule has 0 spiro atoms. The van der Waals surface area contributed by atoms with E-state index in [0.29, 0.717) is 19.1 Å². The minimum atomic E-state index is -0.137. The third kappa shape index (κ3) is 2.96. The molecule has 7 heteroatoms. The molecule has 1 saturated carbocycles. The van der Waals surface area contributed by atoms with Crippen molar-refractivity contribution >= 4 is 5.82 Å². The molecule has 120 valence electrons. The summed E-state index contributed by atoms with van der Waals surface area (Å²) < 4.78 is 7.09. The monoisotopic (exact) mass is 313 g/mol. The third-order valence-corrected chi connectivity index (χ3v) is 4.34. The van der Waals surface area contributed by atoms with E-state index < -0.39 is 0 Å². The summed E-state index contributed by atoms with van der Waals surface area (Å²) in [6, 6.07) is 5.10. The molecule has 2 fully saturated rings. The average Bonchev–Trinajstić information content (AvgIpc) is 3.31. The van der Waals surface area contributed by atoms with Crippen molar-refractivity contribution in [1.29, 1.82) is 0 Å². The normalized spacial score (nSPS) is 23.9. The second-order valence-electron chi connectivity index (χ2n) is 6.22. The van der Waals surface area contributed by atoms with Crippen LogP contribution in [0.3, 0.4) is 0 Å². The van der Waals surface area contributed by atoms with Gasteiger partial charge in [-0.05, 0) is 25.8 Å². The zero-order chi connectivity index (χ0) is 15.8. The van der Waals surface area contributed by atoms with Gasteiger partial charge in [-0.3, -0.25) is 4.79 Å². The minimum absolute atomic E-state index is 0.0380. The Balaban J connectivity index is 1.57. The molecular formula is C16H19N5O2. The lowest BCUT2D eigenvalue weighted by atomic mass is 10.1. The SMILES string of the molecule is Cc1ccc(=O)n(C2COCC2Nc2cc(C3CC3)ncn2)n1. The summed E-state index contributed by atoms with van der Waals surface area (Å²) in [7, 11) is 0. The first-order valence-corrected chi connectivity index (χ1v) is 7.93. The van der Waals surface area contributed by atoms with Gasteiger partial charge >= 0.3 is 0 Å². The molecule has 1 N–H and O–H groups in total. The van der Waals surface area contributed by atoms with Gasteiger partial charge in [-0.15, -0.1) is 0 Å². The summed E-state index contributed by atoms with van der Waals surface area (Å²) in [4.78, 5) is 20.7. The molecule has 1 aliphatic heterocycles. The Morgan fingerprint density at radius 2 is 2.13 bits per heavy atom.